The van der Waals surface area contributed by atoms with Crippen molar-refractivity contribution < 1.29 is 4.42 Å². The van der Waals surface area contributed by atoms with Crippen molar-refractivity contribution in [1.29, 1.82) is 0 Å². The predicted molar refractivity (Wildman–Crippen MR) is 87.3 cm³/mol. The van der Waals surface area contributed by atoms with Crippen molar-refractivity contribution in [2.45, 2.75) is 66.8 Å². The molecule has 0 aliphatic heterocycles. The monoisotopic (exact) mass is 296 g/mol. The summed E-state index contributed by atoms with van der Waals surface area (Å²) in [6.07, 6.45) is 5.06. The highest BCUT2D eigenvalue weighted by atomic mass is 16.4. The Labute approximate surface area is 129 Å². The maximum Gasteiger partial charge on any atom is 0.315 e. The molecule has 1 heterocycles. The smallest absolute Gasteiger partial charge is 0.315 e. The topological polar surface area (TPSA) is 63.0 Å². The molecular formula is C16H32N4O. The van der Waals surface area contributed by atoms with Crippen LogP contribution >= 0.6 is 0 Å². The fourth-order valence-electron chi connectivity index (χ4n) is 2.12. The minimum Gasteiger partial charge on any atom is -0.407 e. The van der Waals surface area contributed by atoms with Crippen LogP contribution in [-0.4, -0.2) is 23.3 Å². The zero-order valence-corrected chi connectivity index (χ0v) is 14.3. The molecule has 0 aliphatic rings. The minimum absolute atomic E-state index is 0.250. The van der Waals surface area contributed by atoms with E-state index in [2.05, 4.69) is 55.4 Å². The van der Waals surface area contributed by atoms with Crippen molar-refractivity contribution in [3.8, 4) is 0 Å². The second-order valence-corrected chi connectivity index (χ2v) is 7.00. The third-order valence-corrected chi connectivity index (χ3v) is 3.47. The summed E-state index contributed by atoms with van der Waals surface area (Å²) in [6, 6.07) is 0.528. The lowest BCUT2D eigenvalue weighted by Crippen LogP contribution is -2.23. The van der Waals surface area contributed by atoms with Gasteiger partial charge in [0.05, 0.1) is 6.54 Å². The summed E-state index contributed by atoms with van der Waals surface area (Å²) in [4.78, 5) is 0. The van der Waals surface area contributed by atoms with Gasteiger partial charge in [-0.2, -0.15) is 0 Å². The highest BCUT2D eigenvalue weighted by Gasteiger charge is 2.18. The van der Waals surface area contributed by atoms with Crippen molar-refractivity contribution in [1.82, 2.24) is 15.5 Å². The van der Waals surface area contributed by atoms with E-state index in [1.165, 1.54) is 25.7 Å². The van der Waals surface area contributed by atoms with E-state index in [-0.39, 0.29) is 5.41 Å². The normalized spacial score (nSPS) is 12.1. The Morgan fingerprint density at radius 3 is 2.62 bits per heavy atom. The number of anilines is 1. The average Bonchev–Trinajstić information content (AvgIpc) is 2.84. The van der Waals surface area contributed by atoms with Crippen molar-refractivity contribution in [3.63, 3.8) is 0 Å². The standard InChI is InChI=1S/C16H32N4O/c1-6-7-8-9-16(4,5)12-18-15-20-19-14(21-15)11-17-10-13(2)3/h13,17H,6-12H2,1-5H3,(H,18,20). The highest BCUT2D eigenvalue weighted by Crippen LogP contribution is 2.24. The SMILES string of the molecule is CCCCCC(C)(C)CNc1nnc(CNCC(C)C)o1. The van der Waals surface area contributed by atoms with Crippen LogP contribution in [0.2, 0.25) is 0 Å². The molecule has 0 radical (unpaired) electrons. The minimum atomic E-state index is 0.250. The molecule has 0 aliphatic carbocycles. The number of hydrogen-bond acceptors (Lipinski definition) is 5. The number of nitrogens with zero attached hydrogens (tertiary/aromatic N) is 2. The lowest BCUT2D eigenvalue weighted by Gasteiger charge is -2.24. The first-order chi connectivity index (χ1) is 9.93. The molecule has 0 atom stereocenters. The number of nitrogens with one attached hydrogen (secondary N) is 2. The summed E-state index contributed by atoms with van der Waals surface area (Å²) in [5.74, 6) is 1.26. The van der Waals surface area contributed by atoms with Crippen LogP contribution in [0.25, 0.3) is 0 Å². The number of hydrogen-bond donors (Lipinski definition) is 2. The quantitative estimate of drug-likeness (QED) is 0.608. The van der Waals surface area contributed by atoms with Crippen molar-refractivity contribution in [2.24, 2.45) is 11.3 Å². The molecule has 2 N–H and O–H groups in total. The van der Waals surface area contributed by atoms with Crippen LogP contribution in [0.5, 0.6) is 0 Å². The molecule has 0 unspecified atom stereocenters. The Morgan fingerprint density at radius 1 is 1.19 bits per heavy atom. The molecule has 1 aromatic heterocycles. The average molecular weight is 296 g/mol. The van der Waals surface area contributed by atoms with Gasteiger partial charge in [-0.05, 0) is 24.3 Å². The van der Waals surface area contributed by atoms with E-state index in [1.807, 2.05) is 0 Å². The molecule has 0 fully saturated rings. The van der Waals surface area contributed by atoms with Crippen LogP contribution in [0.3, 0.4) is 0 Å². The zero-order chi connectivity index (χ0) is 15.7. The van der Waals surface area contributed by atoms with Crippen LogP contribution in [0.4, 0.5) is 6.01 Å². The van der Waals surface area contributed by atoms with Crippen LogP contribution < -0.4 is 10.6 Å². The molecule has 0 bridgehead atoms. The fourth-order valence-corrected chi connectivity index (χ4v) is 2.12. The van der Waals surface area contributed by atoms with Crippen molar-refractivity contribution in [3.05, 3.63) is 5.89 Å². The third kappa shape index (κ3) is 8.05. The number of aromatic nitrogens is 2. The van der Waals surface area contributed by atoms with Crippen molar-refractivity contribution >= 4 is 6.01 Å². The first-order valence-electron chi connectivity index (χ1n) is 8.20. The van der Waals surface area contributed by atoms with E-state index in [4.69, 9.17) is 4.42 Å². The van der Waals surface area contributed by atoms with Gasteiger partial charge in [0.1, 0.15) is 0 Å². The molecule has 122 valence electrons. The Bertz CT molecular complexity index is 387. The van der Waals surface area contributed by atoms with Gasteiger partial charge in [0, 0.05) is 6.54 Å². The van der Waals surface area contributed by atoms with Gasteiger partial charge < -0.3 is 15.1 Å². The Balaban J connectivity index is 2.30. The molecule has 0 aromatic carbocycles. The van der Waals surface area contributed by atoms with Gasteiger partial charge in [0.2, 0.25) is 5.89 Å². The first kappa shape index (κ1) is 18.0. The summed E-state index contributed by atoms with van der Waals surface area (Å²) < 4.78 is 5.59. The fraction of sp³-hybridized carbons (Fsp3) is 0.875. The van der Waals surface area contributed by atoms with E-state index < -0.39 is 0 Å². The van der Waals surface area contributed by atoms with E-state index in [0.29, 0.717) is 24.4 Å². The summed E-state index contributed by atoms with van der Waals surface area (Å²) >= 11 is 0. The number of rotatable bonds is 11. The van der Waals surface area contributed by atoms with Gasteiger partial charge in [0.25, 0.3) is 0 Å². The molecule has 1 rings (SSSR count). The maximum absolute atomic E-state index is 5.59. The summed E-state index contributed by atoms with van der Waals surface area (Å²) in [6.45, 7) is 13.6. The molecule has 0 saturated carbocycles. The van der Waals surface area contributed by atoms with Crippen LogP contribution in [0.1, 0.15) is 66.2 Å². The molecule has 21 heavy (non-hydrogen) atoms. The lowest BCUT2D eigenvalue weighted by atomic mass is 9.87. The Hall–Kier alpha value is -1.10. The van der Waals surface area contributed by atoms with Crippen LogP contribution in [-0.2, 0) is 6.54 Å². The van der Waals surface area contributed by atoms with Gasteiger partial charge in [0.15, 0.2) is 0 Å². The molecule has 0 amide bonds. The molecule has 0 saturated heterocycles. The lowest BCUT2D eigenvalue weighted by molar-refractivity contribution is 0.338. The second kappa shape index (κ2) is 9.03. The second-order valence-electron chi connectivity index (χ2n) is 7.00. The van der Waals surface area contributed by atoms with Gasteiger partial charge in [-0.1, -0.05) is 59.0 Å². The molecular weight excluding hydrogens is 264 g/mol. The maximum atomic E-state index is 5.59. The van der Waals surface area contributed by atoms with Gasteiger partial charge >= 0.3 is 6.01 Å². The molecule has 0 spiro atoms. The summed E-state index contributed by atoms with van der Waals surface area (Å²) in [7, 11) is 0. The number of unbranched alkanes of at least 4 members (excludes halogenated alkanes) is 2. The zero-order valence-electron chi connectivity index (χ0n) is 14.3. The highest BCUT2D eigenvalue weighted by molar-refractivity contribution is 5.17. The van der Waals surface area contributed by atoms with E-state index in [9.17, 15) is 0 Å². The summed E-state index contributed by atoms with van der Waals surface area (Å²) in [5, 5.41) is 14.7. The largest absolute Gasteiger partial charge is 0.407 e. The Morgan fingerprint density at radius 2 is 1.95 bits per heavy atom. The summed E-state index contributed by atoms with van der Waals surface area (Å²) in [5.41, 5.74) is 0.250. The van der Waals surface area contributed by atoms with Crippen molar-refractivity contribution in [2.75, 3.05) is 18.4 Å². The van der Waals surface area contributed by atoms with Crippen LogP contribution in [0.15, 0.2) is 4.42 Å². The Kier molecular flexibility index (Phi) is 7.72. The van der Waals surface area contributed by atoms with Gasteiger partial charge in [-0.15, -0.1) is 5.10 Å². The van der Waals surface area contributed by atoms with Gasteiger partial charge in [-0.25, -0.2) is 0 Å². The predicted octanol–water partition coefficient (Wildman–Crippen LogP) is 3.83. The van der Waals surface area contributed by atoms with E-state index in [0.717, 1.165) is 13.1 Å². The molecule has 1 aromatic rings. The third-order valence-electron chi connectivity index (χ3n) is 3.47. The van der Waals surface area contributed by atoms with E-state index in [1.54, 1.807) is 0 Å². The molecule has 5 heteroatoms. The first-order valence-corrected chi connectivity index (χ1v) is 8.20. The van der Waals surface area contributed by atoms with Gasteiger partial charge in [-0.3, -0.25) is 0 Å². The van der Waals surface area contributed by atoms with Crippen LogP contribution in [0, 0.1) is 11.3 Å². The van der Waals surface area contributed by atoms with E-state index >= 15 is 0 Å². The molecule has 5 nitrogen and oxygen atoms in total.